The van der Waals surface area contributed by atoms with Crippen molar-refractivity contribution in [1.82, 2.24) is 0 Å². The molecular weight excluding hydrogens is 853 g/mol. The van der Waals surface area contributed by atoms with E-state index in [1.807, 2.05) is 0 Å². The van der Waals surface area contributed by atoms with Crippen LogP contribution in [0.3, 0.4) is 0 Å². The predicted molar refractivity (Wildman–Crippen MR) is 297 cm³/mol. The van der Waals surface area contributed by atoms with Crippen LogP contribution in [-0.4, -0.2) is 37.2 Å². The fourth-order valence-corrected chi connectivity index (χ4v) is 8.07. The fraction of sp³-hybridized carbons (Fsp3) is 0.730. The molecule has 0 radical (unpaired) electrons. The van der Waals surface area contributed by atoms with Gasteiger partial charge in [-0.25, -0.2) is 0 Å². The lowest BCUT2D eigenvalue weighted by molar-refractivity contribution is -0.167. The van der Waals surface area contributed by atoms with Gasteiger partial charge >= 0.3 is 17.9 Å². The van der Waals surface area contributed by atoms with Crippen molar-refractivity contribution in [2.75, 3.05) is 13.2 Å². The summed E-state index contributed by atoms with van der Waals surface area (Å²) in [5, 5.41) is 0. The second-order valence-electron chi connectivity index (χ2n) is 19.2. The third kappa shape index (κ3) is 55.4. The molecular formula is C63H108O6. The van der Waals surface area contributed by atoms with Gasteiger partial charge in [0.05, 0.1) is 0 Å². The zero-order valence-corrected chi connectivity index (χ0v) is 45.3. The van der Waals surface area contributed by atoms with Gasteiger partial charge in [0.2, 0.25) is 0 Å². The number of hydrogen-bond donors (Lipinski definition) is 0. The Kier molecular flexibility index (Phi) is 54.3. The second-order valence-corrected chi connectivity index (χ2v) is 19.2. The molecule has 0 N–H and O–H groups in total. The number of carbonyl (C=O) groups is 3. The number of allylic oxidation sites excluding steroid dienone is 14. The van der Waals surface area contributed by atoms with Crippen LogP contribution in [0.2, 0.25) is 0 Å². The molecule has 0 aliphatic rings. The van der Waals surface area contributed by atoms with Crippen molar-refractivity contribution in [3.63, 3.8) is 0 Å². The minimum absolute atomic E-state index is 0.0790. The average Bonchev–Trinajstić information content (AvgIpc) is 3.35. The summed E-state index contributed by atoms with van der Waals surface area (Å²) >= 11 is 0. The van der Waals surface area contributed by atoms with E-state index in [-0.39, 0.29) is 31.1 Å². The molecule has 69 heavy (non-hydrogen) atoms. The SMILES string of the molecule is CC/C=C\C/C=C\C/C=C\C/C=C\C/C=C\C/C=C\C/C=C\CCCCCCCC(=O)OCC(COC(=O)CCCCCCCCCCCCCC)OC(=O)CCCCCCCCCCCCCC. The van der Waals surface area contributed by atoms with Gasteiger partial charge in [-0.3, -0.25) is 14.4 Å². The molecule has 0 aliphatic carbocycles. The molecule has 0 saturated heterocycles. The lowest BCUT2D eigenvalue weighted by Crippen LogP contribution is -2.30. The van der Waals surface area contributed by atoms with Crippen LogP contribution in [0.5, 0.6) is 0 Å². The first-order valence-corrected chi connectivity index (χ1v) is 29.1. The van der Waals surface area contributed by atoms with Gasteiger partial charge in [0, 0.05) is 19.3 Å². The van der Waals surface area contributed by atoms with E-state index in [2.05, 4.69) is 106 Å². The van der Waals surface area contributed by atoms with E-state index in [0.717, 1.165) is 122 Å². The Morgan fingerprint density at radius 2 is 0.565 bits per heavy atom. The molecule has 0 aromatic carbocycles. The van der Waals surface area contributed by atoms with E-state index >= 15 is 0 Å². The van der Waals surface area contributed by atoms with Gasteiger partial charge in [-0.2, -0.15) is 0 Å². The Bertz CT molecular complexity index is 1330. The number of hydrogen-bond acceptors (Lipinski definition) is 6. The van der Waals surface area contributed by atoms with Gasteiger partial charge in [0.15, 0.2) is 6.10 Å². The third-order valence-electron chi connectivity index (χ3n) is 12.4. The summed E-state index contributed by atoms with van der Waals surface area (Å²) in [7, 11) is 0. The second kappa shape index (κ2) is 57.2. The molecule has 396 valence electrons. The van der Waals surface area contributed by atoms with Crippen molar-refractivity contribution in [3.8, 4) is 0 Å². The molecule has 6 nitrogen and oxygen atoms in total. The molecule has 0 amide bonds. The van der Waals surface area contributed by atoms with E-state index in [9.17, 15) is 14.4 Å². The summed E-state index contributed by atoms with van der Waals surface area (Å²) in [6.45, 7) is 6.52. The van der Waals surface area contributed by atoms with Gasteiger partial charge < -0.3 is 14.2 Å². The van der Waals surface area contributed by atoms with Crippen LogP contribution in [0.1, 0.15) is 278 Å². The van der Waals surface area contributed by atoms with Crippen LogP contribution >= 0.6 is 0 Å². The van der Waals surface area contributed by atoms with Crippen molar-refractivity contribution in [1.29, 1.82) is 0 Å². The topological polar surface area (TPSA) is 78.9 Å². The van der Waals surface area contributed by atoms with Crippen molar-refractivity contribution in [3.05, 3.63) is 85.1 Å². The Labute approximate surface area is 426 Å². The number of carbonyl (C=O) groups excluding carboxylic acids is 3. The highest BCUT2D eigenvalue weighted by Gasteiger charge is 2.19. The van der Waals surface area contributed by atoms with Crippen molar-refractivity contribution in [2.24, 2.45) is 0 Å². The van der Waals surface area contributed by atoms with Gasteiger partial charge in [0.25, 0.3) is 0 Å². The van der Waals surface area contributed by atoms with E-state index in [4.69, 9.17) is 14.2 Å². The standard InChI is InChI=1S/C63H108O6/c1-4-7-10-13-16-19-22-25-26-27-28-29-30-31-32-33-34-35-36-37-38-39-42-44-47-50-53-56-62(65)68-59-60(69-63(66)57-54-51-48-45-41-24-21-18-15-12-9-6-3)58-67-61(64)55-52-49-46-43-40-23-20-17-14-11-8-5-2/h7,10,16,19,25-26,28-29,31-32,34-35,37-38,60H,4-6,8-9,11-15,17-18,20-24,27,30,33,36,39-59H2,1-3H3/b10-7-,19-16-,26-25-,29-28-,32-31-,35-34-,38-37-. The molecule has 0 heterocycles. The molecule has 0 aromatic rings. The van der Waals surface area contributed by atoms with Gasteiger partial charge in [-0.1, -0.05) is 266 Å². The van der Waals surface area contributed by atoms with Gasteiger partial charge in [-0.15, -0.1) is 0 Å². The first kappa shape index (κ1) is 65.6. The number of unbranched alkanes of at least 4 members (excludes halogenated alkanes) is 27. The van der Waals surface area contributed by atoms with Crippen molar-refractivity contribution >= 4 is 17.9 Å². The minimum Gasteiger partial charge on any atom is -0.462 e. The molecule has 0 saturated carbocycles. The minimum atomic E-state index is -0.780. The van der Waals surface area contributed by atoms with Crippen LogP contribution in [-0.2, 0) is 28.6 Å². The molecule has 0 aromatic heterocycles. The van der Waals surface area contributed by atoms with Crippen molar-refractivity contribution < 1.29 is 28.6 Å². The van der Waals surface area contributed by atoms with Crippen LogP contribution in [0.25, 0.3) is 0 Å². The predicted octanol–water partition coefficient (Wildman–Crippen LogP) is 19.5. The van der Waals surface area contributed by atoms with E-state index in [1.165, 1.54) is 116 Å². The smallest absolute Gasteiger partial charge is 0.306 e. The average molecular weight is 962 g/mol. The molecule has 1 atom stereocenters. The van der Waals surface area contributed by atoms with E-state index in [1.54, 1.807) is 0 Å². The highest BCUT2D eigenvalue weighted by atomic mass is 16.6. The summed E-state index contributed by atoms with van der Waals surface area (Å²) in [6.07, 6.45) is 74.3. The Morgan fingerprint density at radius 1 is 0.304 bits per heavy atom. The van der Waals surface area contributed by atoms with Crippen LogP contribution in [0.15, 0.2) is 85.1 Å². The molecule has 0 bridgehead atoms. The summed E-state index contributed by atoms with van der Waals surface area (Å²) in [5.74, 6) is -0.892. The highest BCUT2D eigenvalue weighted by Crippen LogP contribution is 2.16. The molecule has 0 spiro atoms. The lowest BCUT2D eigenvalue weighted by atomic mass is 10.0. The zero-order valence-electron chi connectivity index (χ0n) is 45.3. The Hall–Kier alpha value is -3.41. The van der Waals surface area contributed by atoms with Crippen LogP contribution < -0.4 is 0 Å². The van der Waals surface area contributed by atoms with Gasteiger partial charge in [0.1, 0.15) is 13.2 Å². The van der Waals surface area contributed by atoms with E-state index in [0.29, 0.717) is 19.3 Å². The maximum atomic E-state index is 12.8. The molecule has 0 fully saturated rings. The molecule has 1 unspecified atom stereocenters. The van der Waals surface area contributed by atoms with Crippen LogP contribution in [0, 0.1) is 0 Å². The Balaban J connectivity index is 4.30. The summed E-state index contributed by atoms with van der Waals surface area (Å²) < 4.78 is 16.8. The summed E-state index contributed by atoms with van der Waals surface area (Å²) in [5.41, 5.74) is 0. The van der Waals surface area contributed by atoms with Crippen molar-refractivity contribution in [2.45, 2.75) is 284 Å². The number of ether oxygens (including phenoxy) is 3. The largest absolute Gasteiger partial charge is 0.462 e. The maximum Gasteiger partial charge on any atom is 0.306 e. The molecule has 0 aliphatic heterocycles. The zero-order chi connectivity index (χ0) is 50.0. The normalized spacial score (nSPS) is 12.7. The highest BCUT2D eigenvalue weighted by molar-refractivity contribution is 5.71. The number of esters is 3. The molecule has 6 heteroatoms. The van der Waals surface area contributed by atoms with Crippen LogP contribution in [0.4, 0.5) is 0 Å². The fourth-order valence-electron chi connectivity index (χ4n) is 8.07. The summed E-state index contributed by atoms with van der Waals surface area (Å²) in [6, 6.07) is 0. The van der Waals surface area contributed by atoms with Gasteiger partial charge in [-0.05, 0) is 77.0 Å². The quantitative estimate of drug-likeness (QED) is 0.0262. The lowest BCUT2D eigenvalue weighted by Gasteiger charge is -2.18. The van der Waals surface area contributed by atoms with E-state index < -0.39 is 6.10 Å². The third-order valence-corrected chi connectivity index (χ3v) is 12.4. The first-order chi connectivity index (χ1) is 34.0. The molecule has 0 rings (SSSR count). The maximum absolute atomic E-state index is 12.8. The Morgan fingerprint density at radius 3 is 0.884 bits per heavy atom. The first-order valence-electron chi connectivity index (χ1n) is 29.1. The monoisotopic (exact) mass is 961 g/mol. The summed E-state index contributed by atoms with van der Waals surface area (Å²) in [4.78, 5) is 38.1. The number of rotatable bonds is 52.